The highest BCUT2D eigenvalue weighted by Crippen LogP contribution is 2.34. The zero-order valence-corrected chi connectivity index (χ0v) is 11.8. The molecule has 5 heteroatoms. The van der Waals surface area contributed by atoms with E-state index in [1.165, 1.54) is 5.56 Å². The molecule has 0 saturated carbocycles. The van der Waals surface area contributed by atoms with Gasteiger partial charge in [0, 0.05) is 19.6 Å². The van der Waals surface area contributed by atoms with E-state index < -0.39 is 9.84 Å². The molecule has 0 aromatic heterocycles. The lowest BCUT2D eigenvalue weighted by molar-refractivity contribution is 0.314. The van der Waals surface area contributed by atoms with Gasteiger partial charge < -0.3 is 0 Å². The summed E-state index contributed by atoms with van der Waals surface area (Å²) in [6.07, 6.45) is 0.859. The summed E-state index contributed by atoms with van der Waals surface area (Å²) in [4.78, 5) is 2.28. The van der Waals surface area contributed by atoms with Crippen molar-refractivity contribution in [3.05, 3.63) is 35.9 Å². The molecule has 100 valence electrons. The molecule has 0 bridgehead atoms. The van der Waals surface area contributed by atoms with Crippen molar-refractivity contribution in [3.63, 3.8) is 0 Å². The van der Waals surface area contributed by atoms with Crippen LogP contribution in [0.1, 0.15) is 12.0 Å². The number of benzene rings is 1. The predicted molar refractivity (Wildman–Crippen MR) is 74.6 cm³/mol. The second-order valence-electron chi connectivity index (χ2n) is 5.13. The molecular weight excluding hydrogens is 270 g/mol. The molecule has 1 aromatic rings. The minimum atomic E-state index is -2.79. The molecule has 0 N–H and O–H groups in total. The molecule has 3 nitrogen and oxygen atoms in total. The van der Waals surface area contributed by atoms with Crippen LogP contribution < -0.4 is 0 Å². The number of halogens is 1. The minimum Gasteiger partial charge on any atom is -0.297 e. The maximum absolute atomic E-state index is 11.8. The van der Waals surface area contributed by atoms with Gasteiger partial charge in [0.15, 0.2) is 9.84 Å². The van der Waals surface area contributed by atoms with Crippen LogP contribution in [0.25, 0.3) is 0 Å². The summed E-state index contributed by atoms with van der Waals surface area (Å²) in [6.45, 7) is 2.55. The highest BCUT2D eigenvalue weighted by atomic mass is 35.5. The molecule has 2 saturated heterocycles. The van der Waals surface area contributed by atoms with Crippen LogP contribution in [0.2, 0.25) is 0 Å². The Kier molecular flexibility index (Phi) is 3.99. The van der Waals surface area contributed by atoms with Gasteiger partial charge >= 0.3 is 0 Å². The Balaban J connectivity index is 0.00000120. The zero-order valence-electron chi connectivity index (χ0n) is 10.2. The van der Waals surface area contributed by atoms with Crippen LogP contribution in [-0.2, 0) is 16.4 Å². The van der Waals surface area contributed by atoms with E-state index in [2.05, 4.69) is 17.0 Å². The summed E-state index contributed by atoms with van der Waals surface area (Å²) in [5.41, 5.74) is 1.27. The molecule has 0 radical (unpaired) electrons. The Morgan fingerprint density at radius 2 is 1.89 bits per heavy atom. The molecule has 0 aliphatic carbocycles. The van der Waals surface area contributed by atoms with Gasteiger partial charge in [0.1, 0.15) is 0 Å². The molecule has 2 heterocycles. The molecule has 1 aromatic carbocycles. The van der Waals surface area contributed by atoms with Gasteiger partial charge in [0.2, 0.25) is 0 Å². The fourth-order valence-electron chi connectivity index (χ4n) is 3.05. The van der Waals surface area contributed by atoms with Gasteiger partial charge in [-0.25, -0.2) is 8.42 Å². The van der Waals surface area contributed by atoms with Gasteiger partial charge in [-0.15, -0.1) is 12.4 Å². The second-order valence-corrected chi connectivity index (χ2v) is 7.47. The van der Waals surface area contributed by atoms with Crippen LogP contribution in [0.4, 0.5) is 0 Å². The van der Waals surface area contributed by atoms with Crippen molar-refractivity contribution in [1.82, 2.24) is 4.90 Å². The highest BCUT2D eigenvalue weighted by molar-refractivity contribution is 7.92. The third-order valence-electron chi connectivity index (χ3n) is 3.94. The lowest BCUT2D eigenvalue weighted by Crippen LogP contribution is -2.26. The van der Waals surface area contributed by atoms with Crippen LogP contribution in [-0.4, -0.2) is 37.4 Å². The fraction of sp³-hybridized carbons (Fsp3) is 0.538. The van der Waals surface area contributed by atoms with Gasteiger partial charge in [0.25, 0.3) is 0 Å². The third kappa shape index (κ3) is 2.56. The number of hydrogen-bond acceptors (Lipinski definition) is 3. The van der Waals surface area contributed by atoms with Crippen molar-refractivity contribution >= 4 is 22.2 Å². The Morgan fingerprint density at radius 3 is 2.56 bits per heavy atom. The average molecular weight is 288 g/mol. The summed E-state index contributed by atoms with van der Waals surface area (Å²) >= 11 is 0. The quantitative estimate of drug-likeness (QED) is 0.831. The summed E-state index contributed by atoms with van der Waals surface area (Å²) in [6, 6.07) is 10.3. The SMILES string of the molecule is Cl.O=S1(=O)CC[C@@H]2CN(Cc3ccccc3)C[C@@H]21. The Bertz CT molecular complexity index is 503. The van der Waals surface area contributed by atoms with Crippen molar-refractivity contribution < 1.29 is 8.42 Å². The second kappa shape index (κ2) is 5.19. The van der Waals surface area contributed by atoms with E-state index in [1.54, 1.807) is 0 Å². The highest BCUT2D eigenvalue weighted by Gasteiger charge is 2.45. The first-order chi connectivity index (χ1) is 8.15. The molecule has 0 spiro atoms. The lowest BCUT2D eigenvalue weighted by Gasteiger charge is -2.16. The first kappa shape index (κ1) is 13.8. The minimum absolute atomic E-state index is 0. The van der Waals surface area contributed by atoms with E-state index in [0.717, 1.165) is 26.1 Å². The Morgan fingerprint density at radius 1 is 1.17 bits per heavy atom. The summed E-state index contributed by atoms with van der Waals surface area (Å²) in [7, 11) is -2.79. The molecule has 0 amide bonds. The largest absolute Gasteiger partial charge is 0.297 e. The molecular formula is C13H18ClNO2S. The molecule has 2 atom stereocenters. The number of sulfone groups is 1. The van der Waals surface area contributed by atoms with E-state index in [-0.39, 0.29) is 17.7 Å². The Labute approximate surface area is 115 Å². The van der Waals surface area contributed by atoms with E-state index in [1.807, 2.05) is 18.2 Å². The van der Waals surface area contributed by atoms with Gasteiger partial charge in [0.05, 0.1) is 11.0 Å². The van der Waals surface area contributed by atoms with Crippen LogP contribution in [0.5, 0.6) is 0 Å². The van der Waals surface area contributed by atoms with Crippen molar-refractivity contribution in [1.29, 1.82) is 0 Å². The summed E-state index contributed by atoms with van der Waals surface area (Å²) in [5, 5.41) is -0.0915. The first-order valence-electron chi connectivity index (χ1n) is 6.13. The van der Waals surface area contributed by atoms with Gasteiger partial charge in [-0.3, -0.25) is 4.90 Å². The lowest BCUT2D eigenvalue weighted by atomic mass is 10.1. The van der Waals surface area contributed by atoms with Crippen LogP contribution >= 0.6 is 12.4 Å². The number of likely N-dealkylation sites (tertiary alicyclic amines) is 1. The van der Waals surface area contributed by atoms with Crippen LogP contribution in [0.15, 0.2) is 30.3 Å². The molecule has 2 aliphatic heterocycles. The number of hydrogen-bond donors (Lipinski definition) is 0. The van der Waals surface area contributed by atoms with E-state index in [0.29, 0.717) is 11.7 Å². The van der Waals surface area contributed by atoms with E-state index >= 15 is 0 Å². The number of fused-ring (bicyclic) bond motifs is 1. The van der Waals surface area contributed by atoms with Crippen molar-refractivity contribution in [2.24, 2.45) is 5.92 Å². The molecule has 3 rings (SSSR count). The number of rotatable bonds is 2. The fourth-order valence-corrected chi connectivity index (χ4v) is 5.23. The maximum atomic E-state index is 11.8. The summed E-state index contributed by atoms with van der Waals surface area (Å²) in [5.74, 6) is 0.783. The first-order valence-corrected chi connectivity index (χ1v) is 7.84. The molecule has 2 aliphatic rings. The van der Waals surface area contributed by atoms with Gasteiger partial charge in [-0.1, -0.05) is 30.3 Å². The Hall–Kier alpha value is -0.580. The molecule has 18 heavy (non-hydrogen) atoms. The van der Waals surface area contributed by atoms with Gasteiger partial charge in [-0.2, -0.15) is 0 Å². The van der Waals surface area contributed by atoms with E-state index in [4.69, 9.17) is 0 Å². The maximum Gasteiger partial charge on any atom is 0.154 e. The predicted octanol–water partition coefficient (Wildman–Crippen LogP) is 1.73. The monoisotopic (exact) mass is 287 g/mol. The third-order valence-corrected chi connectivity index (χ3v) is 6.20. The standard InChI is InChI=1S/C13H17NO2S.ClH/c15-17(16)7-6-12-9-14(10-13(12)17)8-11-4-2-1-3-5-11;/h1-5,12-13H,6-10H2;1H/t12-,13+;/m1./s1. The van der Waals surface area contributed by atoms with Crippen molar-refractivity contribution in [2.45, 2.75) is 18.2 Å². The van der Waals surface area contributed by atoms with E-state index in [9.17, 15) is 8.42 Å². The van der Waals surface area contributed by atoms with Crippen molar-refractivity contribution in [3.8, 4) is 0 Å². The van der Waals surface area contributed by atoms with Crippen LogP contribution in [0, 0.1) is 5.92 Å². The molecule has 0 unspecified atom stereocenters. The normalized spacial score (nSPS) is 29.8. The van der Waals surface area contributed by atoms with Gasteiger partial charge in [-0.05, 0) is 17.9 Å². The zero-order chi connectivity index (χ0) is 11.9. The molecule has 2 fully saturated rings. The summed E-state index contributed by atoms with van der Waals surface area (Å²) < 4.78 is 23.6. The average Bonchev–Trinajstić information content (AvgIpc) is 2.82. The smallest absolute Gasteiger partial charge is 0.154 e. The topological polar surface area (TPSA) is 37.4 Å². The van der Waals surface area contributed by atoms with Crippen LogP contribution in [0.3, 0.4) is 0 Å². The van der Waals surface area contributed by atoms with Crippen molar-refractivity contribution in [2.75, 3.05) is 18.8 Å². The number of nitrogens with zero attached hydrogens (tertiary/aromatic N) is 1.